The van der Waals surface area contributed by atoms with E-state index in [-0.39, 0.29) is 12.1 Å². The first kappa shape index (κ1) is 16.9. The fraction of sp³-hybridized carbons (Fsp3) is 0.350. The number of nitrogens with one attached hydrogen (secondary N) is 1. The van der Waals surface area contributed by atoms with Crippen molar-refractivity contribution in [1.29, 1.82) is 0 Å². The molecule has 134 valence electrons. The Morgan fingerprint density at radius 2 is 2.00 bits per heavy atom. The summed E-state index contributed by atoms with van der Waals surface area (Å²) in [5.41, 5.74) is 2.85. The minimum atomic E-state index is -0.302. The first-order chi connectivity index (χ1) is 12.8. The molecule has 3 aromatic rings. The number of aliphatic hydroxyl groups excluding tert-OH is 1. The van der Waals surface area contributed by atoms with E-state index in [2.05, 4.69) is 30.9 Å². The van der Waals surface area contributed by atoms with Gasteiger partial charge in [-0.2, -0.15) is 0 Å². The highest BCUT2D eigenvalue weighted by Crippen LogP contribution is 2.27. The molecule has 1 saturated carbocycles. The Balaban J connectivity index is 1.31. The van der Waals surface area contributed by atoms with Crippen molar-refractivity contribution in [3.8, 4) is 11.4 Å². The van der Waals surface area contributed by atoms with E-state index in [9.17, 15) is 5.11 Å². The van der Waals surface area contributed by atoms with Crippen molar-refractivity contribution in [2.45, 2.75) is 38.1 Å². The van der Waals surface area contributed by atoms with Gasteiger partial charge in [0.1, 0.15) is 0 Å². The second kappa shape index (κ2) is 7.76. The molecule has 6 nitrogen and oxygen atoms in total. The van der Waals surface area contributed by atoms with Crippen LogP contribution in [-0.2, 0) is 13.1 Å². The molecule has 3 atom stereocenters. The highest BCUT2D eigenvalue weighted by molar-refractivity contribution is 5.53. The molecule has 2 N–H and O–H groups in total. The number of pyridine rings is 2. The number of aromatic nitrogens is 4. The number of rotatable bonds is 6. The number of nitrogens with zero attached hydrogens (tertiary/aromatic N) is 4. The topological polar surface area (TPSA) is 75.9 Å². The summed E-state index contributed by atoms with van der Waals surface area (Å²) in [5, 5.41) is 13.8. The molecule has 0 aromatic carbocycles. The molecule has 0 saturated heterocycles. The largest absolute Gasteiger partial charge is 0.391 e. The van der Waals surface area contributed by atoms with Gasteiger partial charge in [-0.25, -0.2) is 4.98 Å². The summed E-state index contributed by atoms with van der Waals surface area (Å²) in [5.74, 6) is 0.473. The summed E-state index contributed by atoms with van der Waals surface area (Å²) in [4.78, 5) is 12.9. The van der Waals surface area contributed by atoms with Gasteiger partial charge in [-0.3, -0.25) is 9.97 Å². The minimum Gasteiger partial charge on any atom is -0.391 e. The zero-order valence-corrected chi connectivity index (χ0v) is 14.6. The fourth-order valence-electron chi connectivity index (χ4n) is 3.62. The van der Waals surface area contributed by atoms with E-state index in [0.717, 1.165) is 36.3 Å². The van der Waals surface area contributed by atoms with Crippen molar-refractivity contribution < 1.29 is 5.11 Å². The molecule has 3 heterocycles. The maximum atomic E-state index is 10.3. The summed E-state index contributed by atoms with van der Waals surface area (Å²) in [6.45, 7) is 1.62. The maximum Gasteiger partial charge on any atom is 0.0945 e. The minimum absolute atomic E-state index is 0.124. The summed E-state index contributed by atoms with van der Waals surface area (Å²) in [7, 11) is 0. The predicted molar refractivity (Wildman–Crippen MR) is 99.1 cm³/mol. The summed E-state index contributed by atoms with van der Waals surface area (Å²) in [6, 6.07) is 9.99. The van der Waals surface area contributed by atoms with Crippen molar-refractivity contribution >= 4 is 0 Å². The zero-order valence-electron chi connectivity index (χ0n) is 14.6. The van der Waals surface area contributed by atoms with Crippen molar-refractivity contribution in [3.05, 3.63) is 67.0 Å². The average molecular weight is 349 g/mol. The number of aliphatic hydroxyl groups is 1. The Morgan fingerprint density at radius 3 is 2.73 bits per heavy atom. The van der Waals surface area contributed by atoms with Crippen LogP contribution in [-0.4, -0.2) is 36.8 Å². The van der Waals surface area contributed by atoms with Crippen molar-refractivity contribution in [2.24, 2.45) is 5.92 Å². The van der Waals surface area contributed by atoms with Crippen molar-refractivity contribution in [3.63, 3.8) is 0 Å². The zero-order chi connectivity index (χ0) is 17.8. The molecule has 0 radical (unpaired) electrons. The molecule has 0 amide bonds. The van der Waals surface area contributed by atoms with Crippen LogP contribution in [0.5, 0.6) is 0 Å². The SMILES string of the molecule is O[C@@H]1CC(Cn2ccnc2)C[C@H]1NCc1ccc(-c2ccccn2)nc1. The van der Waals surface area contributed by atoms with Crippen LogP contribution in [0.2, 0.25) is 0 Å². The third-order valence-electron chi connectivity index (χ3n) is 4.98. The Labute approximate surface area is 153 Å². The van der Waals surface area contributed by atoms with E-state index < -0.39 is 0 Å². The van der Waals surface area contributed by atoms with Crippen molar-refractivity contribution in [1.82, 2.24) is 24.8 Å². The van der Waals surface area contributed by atoms with Gasteiger partial charge in [-0.1, -0.05) is 12.1 Å². The molecule has 0 bridgehead atoms. The van der Waals surface area contributed by atoms with Crippen LogP contribution in [0.25, 0.3) is 11.4 Å². The monoisotopic (exact) mass is 349 g/mol. The predicted octanol–water partition coefficient (Wildman–Crippen LogP) is 2.27. The van der Waals surface area contributed by atoms with Crippen LogP contribution in [0.4, 0.5) is 0 Å². The molecule has 0 aliphatic heterocycles. The molecule has 4 rings (SSSR count). The Kier molecular flexibility index (Phi) is 5.04. The quantitative estimate of drug-likeness (QED) is 0.714. The van der Waals surface area contributed by atoms with E-state index >= 15 is 0 Å². The summed E-state index contributed by atoms with van der Waals surface area (Å²) in [6.07, 6.45) is 10.7. The molecular formula is C20H23N5O. The Morgan fingerprint density at radius 1 is 1.08 bits per heavy atom. The van der Waals surface area contributed by atoms with Gasteiger partial charge >= 0.3 is 0 Å². The smallest absolute Gasteiger partial charge is 0.0945 e. The fourth-order valence-corrected chi connectivity index (χ4v) is 3.62. The molecule has 1 aliphatic rings. The van der Waals surface area contributed by atoms with Gasteiger partial charge in [0.05, 0.1) is 23.8 Å². The van der Waals surface area contributed by atoms with Gasteiger partial charge in [0, 0.05) is 43.9 Å². The molecule has 3 aromatic heterocycles. The normalized spacial score (nSPS) is 22.6. The average Bonchev–Trinajstić information content (AvgIpc) is 3.31. The molecular weight excluding hydrogens is 326 g/mol. The lowest BCUT2D eigenvalue weighted by Gasteiger charge is -2.16. The molecule has 26 heavy (non-hydrogen) atoms. The van der Waals surface area contributed by atoms with Gasteiger partial charge in [0.15, 0.2) is 0 Å². The first-order valence-electron chi connectivity index (χ1n) is 9.01. The molecule has 1 aliphatic carbocycles. The lowest BCUT2D eigenvalue weighted by atomic mass is 10.1. The van der Waals surface area contributed by atoms with Crippen LogP contribution in [0.1, 0.15) is 18.4 Å². The summed E-state index contributed by atoms with van der Waals surface area (Å²) >= 11 is 0. The van der Waals surface area contributed by atoms with Crippen molar-refractivity contribution in [2.75, 3.05) is 0 Å². The maximum absolute atomic E-state index is 10.3. The van der Waals surface area contributed by atoms with Crippen LogP contribution >= 0.6 is 0 Å². The van der Waals surface area contributed by atoms with E-state index in [0.29, 0.717) is 12.5 Å². The van der Waals surface area contributed by atoms with Gasteiger partial charge < -0.3 is 15.0 Å². The van der Waals surface area contributed by atoms with Gasteiger partial charge in [-0.05, 0) is 42.5 Å². The number of hydrogen-bond acceptors (Lipinski definition) is 5. The molecule has 0 spiro atoms. The van der Waals surface area contributed by atoms with Crippen LogP contribution in [0.3, 0.4) is 0 Å². The summed E-state index contributed by atoms with van der Waals surface area (Å²) < 4.78 is 2.08. The number of hydrogen-bond donors (Lipinski definition) is 2. The highest BCUT2D eigenvalue weighted by atomic mass is 16.3. The Hall–Kier alpha value is -2.57. The standard InChI is InChI=1S/C20H23N5O/c26-20-10-16(13-25-8-7-21-14-25)9-19(20)24-12-15-4-5-18(23-11-15)17-3-1-2-6-22-17/h1-8,11,14,16,19-20,24,26H,9-10,12-13H2/t16?,19-,20-/m1/s1. The first-order valence-corrected chi connectivity index (χ1v) is 9.01. The van der Waals surface area contributed by atoms with Crippen LogP contribution in [0.15, 0.2) is 61.4 Å². The van der Waals surface area contributed by atoms with Gasteiger partial charge in [-0.15, -0.1) is 0 Å². The van der Waals surface area contributed by atoms with Gasteiger partial charge in [0.2, 0.25) is 0 Å². The third-order valence-corrected chi connectivity index (χ3v) is 4.98. The van der Waals surface area contributed by atoms with Crippen LogP contribution in [0, 0.1) is 5.92 Å². The number of imidazole rings is 1. The van der Waals surface area contributed by atoms with E-state index in [1.54, 1.807) is 12.4 Å². The van der Waals surface area contributed by atoms with E-state index in [1.807, 2.05) is 43.0 Å². The van der Waals surface area contributed by atoms with E-state index in [4.69, 9.17) is 0 Å². The Bertz CT molecular complexity index is 804. The lowest BCUT2D eigenvalue weighted by molar-refractivity contribution is 0.145. The van der Waals surface area contributed by atoms with E-state index in [1.165, 1.54) is 0 Å². The highest BCUT2D eigenvalue weighted by Gasteiger charge is 2.32. The second-order valence-electron chi connectivity index (χ2n) is 6.92. The molecule has 6 heteroatoms. The van der Waals surface area contributed by atoms with Gasteiger partial charge in [0.25, 0.3) is 0 Å². The lowest BCUT2D eigenvalue weighted by Crippen LogP contribution is -2.35. The third kappa shape index (κ3) is 3.98. The molecule has 1 fully saturated rings. The second-order valence-corrected chi connectivity index (χ2v) is 6.92. The molecule has 1 unspecified atom stereocenters. The van der Waals surface area contributed by atoms with Crippen LogP contribution < -0.4 is 5.32 Å².